The molecule has 2 aromatic carbocycles. The Balaban J connectivity index is 1.53. The predicted molar refractivity (Wildman–Crippen MR) is 121 cm³/mol. The SMILES string of the molecule is Cc1ccc(NC2=CC(N(C)C)=NC(N)(CCc3c[nH]c4ccccc34)N2)cc1. The summed E-state index contributed by atoms with van der Waals surface area (Å²) in [6.45, 7) is 2.08. The number of nitrogens with one attached hydrogen (secondary N) is 3. The zero-order valence-corrected chi connectivity index (χ0v) is 17.2. The highest BCUT2D eigenvalue weighted by atomic mass is 15.3. The van der Waals surface area contributed by atoms with Crippen LogP contribution in [0.25, 0.3) is 10.9 Å². The number of aryl methyl sites for hydroxylation is 2. The third-order valence-corrected chi connectivity index (χ3v) is 5.18. The highest BCUT2D eigenvalue weighted by Gasteiger charge is 2.29. The summed E-state index contributed by atoms with van der Waals surface area (Å²) >= 11 is 0. The van der Waals surface area contributed by atoms with E-state index in [9.17, 15) is 0 Å². The smallest absolute Gasteiger partial charge is 0.185 e. The summed E-state index contributed by atoms with van der Waals surface area (Å²) in [4.78, 5) is 10.1. The molecule has 0 fully saturated rings. The third kappa shape index (κ3) is 4.27. The number of aromatic amines is 1. The van der Waals surface area contributed by atoms with E-state index in [1.165, 1.54) is 16.5 Å². The van der Waals surface area contributed by atoms with Crippen LogP contribution in [0, 0.1) is 6.92 Å². The standard InChI is InChI=1S/C23H28N6/c1-16-8-10-18(11-9-16)26-21-14-22(29(2)3)28-23(24,27-21)13-12-17-15-25-20-7-5-4-6-19(17)20/h4-11,14-15,25-27H,12-13,24H2,1-3H3. The molecule has 2 heterocycles. The van der Waals surface area contributed by atoms with Crippen molar-refractivity contribution in [2.75, 3.05) is 19.4 Å². The molecular formula is C23H28N6. The first-order chi connectivity index (χ1) is 13.9. The molecule has 6 heteroatoms. The minimum atomic E-state index is -0.889. The summed E-state index contributed by atoms with van der Waals surface area (Å²) in [5.74, 6) is 0.786. The Bertz CT molecular complexity index is 1060. The van der Waals surface area contributed by atoms with Gasteiger partial charge in [-0.3, -0.25) is 5.73 Å². The van der Waals surface area contributed by atoms with Gasteiger partial charge in [0.05, 0.1) is 0 Å². The monoisotopic (exact) mass is 388 g/mol. The molecule has 6 nitrogen and oxygen atoms in total. The van der Waals surface area contributed by atoms with E-state index in [4.69, 9.17) is 10.7 Å². The molecular weight excluding hydrogens is 360 g/mol. The molecule has 1 unspecified atom stereocenters. The molecule has 1 aliphatic heterocycles. The van der Waals surface area contributed by atoms with Gasteiger partial charge in [0.1, 0.15) is 11.7 Å². The molecule has 4 rings (SSSR count). The number of nitrogens with zero attached hydrogens (tertiary/aromatic N) is 2. The van der Waals surface area contributed by atoms with Crippen molar-refractivity contribution >= 4 is 22.4 Å². The first-order valence-corrected chi connectivity index (χ1v) is 9.86. The van der Waals surface area contributed by atoms with Crippen molar-refractivity contribution in [2.45, 2.75) is 25.6 Å². The van der Waals surface area contributed by atoms with Crippen molar-refractivity contribution in [1.82, 2.24) is 15.2 Å². The molecule has 0 aliphatic carbocycles. The summed E-state index contributed by atoms with van der Waals surface area (Å²) in [5, 5.41) is 8.05. The number of likely N-dealkylation sites (N-methyl/N-ethyl adjacent to an activating group) is 1. The second-order valence-electron chi connectivity index (χ2n) is 7.82. The Hall–Kier alpha value is -3.25. The van der Waals surface area contributed by atoms with Crippen LogP contribution in [0.1, 0.15) is 17.5 Å². The van der Waals surface area contributed by atoms with Crippen molar-refractivity contribution in [1.29, 1.82) is 0 Å². The lowest BCUT2D eigenvalue weighted by Crippen LogP contribution is -2.56. The van der Waals surface area contributed by atoms with Crippen LogP contribution >= 0.6 is 0 Å². The first kappa shape index (κ1) is 19.1. The van der Waals surface area contributed by atoms with E-state index in [1.54, 1.807) is 0 Å². The molecule has 3 aromatic rings. The number of fused-ring (bicyclic) bond motifs is 1. The van der Waals surface area contributed by atoms with Gasteiger partial charge in [0.25, 0.3) is 0 Å². The van der Waals surface area contributed by atoms with Gasteiger partial charge in [-0.1, -0.05) is 35.9 Å². The Morgan fingerprint density at radius 2 is 1.86 bits per heavy atom. The number of aliphatic imine (C=N–C) groups is 1. The zero-order chi connectivity index (χ0) is 20.4. The minimum absolute atomic E-state index is 0.666. The van der Waals surface area contributed by atoms with Gasteiger partial charge in [0, 0.05) is 49.4 Å². The van der Waals surface area contributed by atoms with Gasteiger partial charge in [-0.25, -0.2) is 4.99 Å². The maximum atomic E-state index is 6.70. The predicted octanol–water partition coefficient (Wildman–Crippen LogP) is 3.54. The van der Waals surface area contributed by atoms with Crippen LogP contribution in [-0.2, 0) is 6.42 Å². The zero-order valence-electron chi connectivity index (χ0n) is 17.2. The molecule has 5 N–H and O–H groups in total. The van der Waals surface area contributed by atoms with Gasteiger partial charge >= 0.3 is 0 Å². The van der Waals surface area contributed by atoms with Crippen LogP contribution in [-0.4, -0.2) is 35.6 Å². The molecule has 0 radical (unpaired) electrons. The molecule has 0 amide bonds. The van der Waals surface area contributed by atoms with Gasteiger partial charge in [-0.05, 0) is 37.1 Å². The Labute approximate surface area is 171 Å². The molecule has 1 aliphatic rings. The number of amidine groups is 1. The molecule has 0 spiro atoms. The highest BCUT2D eigenvalue weighted by molar-refractivity contribution is 5.94. The van der Waals surface area contributed by atoms with Gasteiger partial charge in [-0.15, -0.1) is 0 Å². The van der Waals surface area contributed by atoms with Crippen molar-refractivity contribution in [3.63, 3.8) is 0 Å². The normalized spacial score (nSPS) is 18.8. The lowest BCUT2D eigenvalue weighted by molar-refractivity contribution is 0.347. The largest absolute Gasteiger partial charge is 0.363 e. The Kier molecular flexibility index (Phi) is 5.03. The van der Waals surface area contributed by atoms with Crippen molar-refractivity contribution in [2.24, 2.45) is 10.7 Å². The number of para-hydroxylation sites is 1. The Morgan fingerprint density at radius 1 is 1.10 bits per heavy atom. The van der Waals surface area contributed by atoms with Crippen molar-refractivity contribution in [3.05, 3.63) is 77.8 Å². The second kappa shape index (κ2) is 7.64. The van der Waals surface area contributed by atoms with Crippen molar-refractivity contribution < 1.29 is 0 Å². The van der Waals surface area contributed by atoms with Crippen LogP contribution in [0.15, 0.2) is 71.6 Å². The van der Waals surface area contributed by atoms with Gasteiger partial charge in [0.15, 0.2) is 5.79 Å². The summed E-state index contributed by atoms with van der Waals surface area (Å²) in [6, 6.07) is 16.6. The quantitative estimate of drug-likeness (QED) is 0.539. The Morgan fingerprint density at radius 3 is 2.62 bits per heavy atom. The second-order valence-corrected chi connectivity index (χ2v) is 7.82. The van der Waals surface area contributed by atoms with E-state index in [-0.39, 0.29) is 0 Å². The summed E-state index contributed by atoms with van der Waals surface area (Å²) < 4.78 is 0. The lowest BCUT2D eigenvalue weighted by Gasteiger charge is -2.34. The molecule has 1 aromatic heterocycles. The number of aromatic nitrogens is 1. The fourth-order valence-corrected chi connectivity index (χ4v) is 3.53. The number of anilines is 1. The van der Waals surface area contributed by atoms with E-state index >= 15 is 0 Å². The molecule has 0 saturated carbocycles. The number of rotatable bonds is 5. The molecule has 29 heavy (non-hydrogen) atoms. The first-order valence-electron chi connectivity index (χ1n) is 9.86. The molecule has 1 atom stereocenters. The van der Waals surface area contributed by atoms with E-state index in [0.717, 1.165) is 29.3 Å². The topological polar surface area (TPSA) is 81.5 Å². The lowest BCUT2D eigenvalue weighted by atomic mass is 10.0. The summed E-state index contributed by atoms with van der Waals surface area (Å²) in [6.07, 6.45) is 5.53. The van der Waals surface area contributed by atoms with Gasteiger partial charge < -0.3 is 20.5 Å². The number of hydrogen-bond donors (Lipinski definition) is 4. The van der Waals surface area contributed by atoms with Crippen molar-refractivity contribution in [3.8, 4) is 0 Å². The number of H-pyrrole nitrogens is 1. The maximum absolute atomic E-state index is 6.70. The number of nitrogens with two attached hydrogens (primary N) is 1. The van der Waals surface area contributed by atoms with Gasteiger partial charge in [0.2, 0.25) is 0 Å². The maximum Gasteiger partial charge on any atom is 0.185 e. The minimum Gasteiger partial charge on any atom is -0.363 e. The van der Waals surface area contributed by atoms with Crippen LogP contribution in [0.2, 0.25) is 0 Å². The molecule has 150 valence electrons. The van der Waals surface area contributed by atoms with Gasteiger partial charge in [-0.2, -0.15) is 0 Å². The average molecular weight is 389 g/mol. The average Bonchev–Trinajstić information content (AvgIpc) is 3.11. The number of hydrogen-bond acceptors (Lipinski definition) is 5. The molecule has 0 saturated heterocycles. The van der Waals surface area contributed by atoms with E-state index in [0.29, 0.717) is 6.42 Å². The fourth-order valence-electron chi connectivity index (χ4n) is 3.53. The van der Waals surface area contributed by atoms with E-state index in [1.807, 2.05) is 31.1 Å². The number of benzene rings is 2. The molecule has 0 bridgehead atoms. The van der Waals surface area contributed by atoms with Crippen LogP contribution in [0.3, 0.4) is 0 Å². The third-order valence-electron chi connectivity index (χ3n) is 5.18. The van der Waals surface area contributed by atoms with E-state index in [2.05, 4.69) is 71.2 Å². The fraction of sp³-hybridized carbons (Fsp3) is 0.261. The highest BCUT2D eigenvalue weighted by Crippen LogP contribution is 2.23. The van der Waals surface area contributed by atoms with E-state index < -0.39 is 5.79 Å². The van der Waals surface area contributed by atoms with Crippen LogP contribution < -0.4 is 16.4 Å². The van der Waals surface area contributed by atoms with Crippen LogP contribution in [0.4, 0.5) is 5.69 Å². The summed E-state index contributed by atoms with van der Waals surface area (Å²) in [7, 11) is 3.95. The van der Waals surface area contributed by atoms with Crippen LogP contribution in [0.5, 0.6) is 0 Å². The summed E-state index contributed by atoms with van der Waals surface area (Å²) in [5.41, 5.74) is 11.3.